The molecule has 0 aliphatic heterocycles. The van der Waals surface area contributed by atoms with Crippen LogP contribution in [0.2, 0.25) is 0 Å². The van der Waals surface area contributed by atoms with Crippen LogP contribution >= 0.6 is 12.0 Å². The molecule has 0 aliphatic carbocycles. The monoisotopic (exact) mass is 233 g/mol. The molecule has 0 fully saturated rings. The summed E-state index contributed by atoms with van der Waals surface area (Å²) < 4.78 is 12.4. The number of nitrogens with zero attached hydrogens (tertiary/aromatic N) is 3. The third kappa shape index (κ3) is 5.67. The van der Waals surface area contributed by atoms with Gasteiger partial charge in [0.2, 0.25) is 0 Å². The highest BCUT2D eigenvalue weighted by molar-refractivity contribution is 7.93. The van der Waals surface area contributed by atoms with E-state index >= 15 is 0 Å². The van der Waals surface area contributed by atoms with Crippen molar-refractivity contribution in [3.63, 3.8) is 0 Å². The molecular formula is C9H17N3O2S. The van der Waals surface area contributed by atoms with Gasteiger partial charge in [0.1, 0.15) is 5.78 Å². The molecule has 0 radical (unpaired) electrons. The zero-order valence-electron chi connectivity index (χ0n) is 10.3. The Bertz CT molecular complexity index is 280. The summed E-state index contributed by atoms with van der Waals surface area (Å²) in [4.78, 5) is 13.6. The summed E-state index contributed by atoms with van der Waals surface area (Å²) in [6, 6.07) is -0.402. The molecule has 86 valence electrons. The van der Waals surface area contributed by atoms with Crippen molar-refractivity contribution in [2.45, 2.75) is 45.3 Å². The first-order valence-corrected chi connectivity index (χ1v) is 5.48. The van der Waals surface area contributed by atoms with E-state index in [0.717, 1.165) is 12.0 Å². The van der Waals surface area contributed by atoms with Crippen LogP contribution in [0.1, 0.15) is 35.0 Å². The average Bonchev–Trinajstić information content (AvgIpc) is 2.20. The molecule has 0 rings (SSSR count). The molecule has 0 aromatic rings. The quantitative estimate of drug-likeness (QED) is 0.293. The first kappa shape index (κ1) is 12.4. The van der Waals surface area contributed by atoms with Gasteiger partial charge in [-0.3, -0.25) is 0 Å². The van der Waals surface area contributed by atoms with E-state index in [0.29, 0.717) is 12.8 Å². The molecule has 1 atom stereocenters. The molecule has 0 aliphatic rings. The Hall–Kier alpha value is -0.710. The molecule has 5 nitrogen and oxygen atoms in total. The van der Waals surface area contributed by atoms with Crippen molar-refractivity contribution < 1.29 is 10.3 Å². The summed E-state index contributed by atoms with van der Waals surface area (Å²) >= 11 is 1.00. The van der Waals surface area contributed by atoms with Crippen molar-refractivity contribution in [2.75, 3.05) is 6.23 Å². The first-order valence-electron chi connectivity index (χ1n) is 5.28. The van der Waals surface area contributed by atoms with Crippen LogP contribution in [0.15, 0.2) is 5.11 Å². The molecule has 15 heavy (non-hydrogen) atoms. The lowest BCUT2D eigenvalue weighted by molar-refractivity contribution is -0.117. The molecule has 0 saturated heterocycles. The Morgan fingerprint density at radius 1 is 1.80 bits per heavy atom. The lowest BCUT2D eigenvalue weighted by Gasteiger charge is -2.29. The van der Waals surface area contributed by atoms with Crippen molar-refractivity contribution in [3.8, 4) is 0 Å². The smallest absolute Gasteiger partial charge is 0.129 e. The Kier molecular flexibility index (Phi) is 5.53. The van der Waals surface area contributed by atoms with Crippen molar-refractivity contribution in [1.29, 1.82) is 0 Å². The van der Waals surface area contributed by atoms with E-state index in [1.165, 1.54) is 6.92 Å². The maximum Gasteiger partial charge on any atom is 0.129 e. The highest BCUT2D eigenvalue weighted by Crippen LogP contribution is 2.26. The highest BCUT2D eigenvalue weighted by Gasteiger charge is 2.29. The van der Waals surface area contributed by atoms with E-state index in [9.17, 15) is 4.79 Å². The van der Waals surface area contributed by atoms with Gasteiger partial charge in [-0.25, -0.2) is 0 Å². The minimum atomic E-state index is -0.673. The molecule has 0 amide bonds. The minimum absolute atomic E-state index is 0.0575. The van der Waals surface area contributed by atoms with Gasteiger partial charge in [-0.15, -0.1) is 0 Å². The number of rotatable bonds is 7. The van der Waals surface area contributed by atoms with Gasteiger partial charge in [0.15, 0.2) is 0 Å². The fraction of sp³-hybridized carbons (Fsp3) is 0.889. The van der Waals surface area contributed by atoms with Crippen molar-refractivity contribution in [3.05, 3.63) is 10.4 Å². The van der Waals surface area contributed by atoms with Crippen LogP contribution in [0.5, 0.6) is 0 Å². The van der Waals surface area contributed by atoms with E-state index in [4.69, 9.17) is 11.1 Å². The van der Waals surface area contributed by atoms with Crippen LogP contribution in [-0.4, -0.2) is 23.7 Å². The number of hydrogen-bond donors (Lipinski definition) is 0. The van der Waals surface area contributed by atoms with Gasteiger partial charge in [-0.1, -0.05) is 5.11 Å². The molecule has 6 heteroatoms. The van der Waals surface area contributed by atoms with Crippen LogP contribution in [0.4, 0.5) is 0 Å². The SMILES string of the molecule is [3H]CSOC(C)(C)[C@H](CCC(C)=O)N=[N+]=[N-]. The van der Waals surface area contributed by atoms with Gasteiger partial charge in [-0.2, -0.15) is 0 Å². The van der Waals surface area contributed by atoms with E-state index in [1.54, 1.807) is 13.8 Å². The van der Waals surface area contributed by atoms with Crippen LogP contribution in [0.25, 0.3) is 10.4 Å². The van der Waals surface area contributed by atoms with E-state index in [1.807, 2.05) is 0 Å². The summed E-state index contributed by atoms with van der Waals surface area (Å²) in [5.74, 6) is 0.0575. The highest BCUT2D eigenvalue weighted by atomic mass is 32.2. The Labute approximate surface area is 95.8 Å². The maximum absolute atomic E-state index is 10.9. The van der Waals surface area contributed by atoms with Crippen LogP contribution in [-0.2, 0) is 8.98 Å². The lowest BCUT2D eigenvalue weighted by atomic mass is 9.95. The summed E-state index contributed by atoms with van der Waals surface area (Å²) in [6.07, 6.45) is 0.909. The number of carbonyl (C=O) groups is 1. The molecule has 0 unspecified atom stereocenters. The fourth-order valence-electron chi connectivity index (χ4n) is 1.15. The van der Waals surface area contributed by atoms with Gasteiger partial charge in [0, 0.05) is 18.9 Å². The topological polar surface area (TPSA) is 75.1 Å². The number of Topliss-reactive ketones (excluding diaryl/α,β-unsaturated/α-hetero) is 1. The van der Waals surface area contributed by atoms with Crippen molar-refractivity contribution in [2.24, 2.45) is 5.11 Å². The second-order valence-electron chi connectivity index (χ2n) is 3.77. The van der Waals surface area contributed by atoms with Crippen LogP contribution in [0.3, 0.4) is 0 Å². The Morgan fingerprint density at radius 2 is 2.47 bits per heavy atom. The molecule has 0 aromatic carbocycles. The normalized spacial score (nSPS) is 13.9. The zero-order valence-corrected chi connectivity index (χ0v) is 10.1. The predicted molar refractivity (Wildman–Crippen MR) is 61.5 cm³/mol. The van der Waals surface area contributed by atoms with Crippen molar-refractivity contribution in [1.82, 2.24) is 0 Å². The number of carbonyl (C=O) groups excluding carboxylic acids is 1. The molecule has 0 spiro atoms. The third-order valence-corrected chi connectivity index (χ3v) is 2.58. The zero-order chi connectivity index (χ0) is 12.6. The fourth-order valence-corrected chi connectivity index (χ4v) is 1.57. The van der Waals surface area contributed by atoms with Crippen LogP contribution in [0, 0.1) is 0 Å². The summed E-state index contributed by atoms with van der Waals surface area (Å²) in [6.45, 7) is 5.07. The number of ketones is 1. The van der Waals surface area contributed by atoms with Crippen molar-refractivity contribution >= 4 is 17.8 Å². The molecule has 0 heterocycles. The first-order chi connectivity index (χ1) is 7.44. The summed E-state index contributed by atoms with van der Waals surface area (Å²) in [7, 11) is 0. The molecule has 0 saturated carbocycles. The Balaban J connectivity index is 4.48. The molecular weight excluding hydrogens is 214 g/mol. The summed E-state index contributed by atoms with van der Waals surface area (Å²) in [5.41, 5.74) is 7.79. The van der Waals surface area contributed by atoms with Gasteiger partial charge in [-0.05, 0) is 44.8 Å². The molecule has 0 aromatic heterocycles. The standard InChI is InChI=1S/C9H17N3O2S/c1-7(13)5-6-8(11-12-10)9(2,3)14-15-4/h8H,5-6H2,1-4H3/t8-/m0/s1/i4T. The van der Waals surface area contributed by atoms with Crippen LogP contribution < -0.4 is 0 Å². The summed E-state index contributed by atoms with van der Waals surface area (Å²) in [5, 5.41) is 3.65. The van der Waals surface area contributed by atoms with Gasteiger partial charge in [0.05, 0.1) is 11.6 Å². The lowest BCUT2D eigenvalue weighted by Crippen LogP contribution is -2.36. The minimum Gasteiger partial charge on any atom is -0.309 e. The second kappa shape index (κ2) is 6.71. The maximum atomic E-state index is 10.9. The third-order valence-electron chi connectivity index (χ3n) is 2.04. The van der Waals surface area contributed by atoms with Gasteiger partial charge in [0.25, 0.3) is 0 Å². The molecule has 0 bridgehead atoms. The van der Waals surface area contributed by atoms with Gasteiger partial charge < -0.3 is 8.98 Å². The second-order valence-corrected chi connectivity index (χ2v) is 4.17. The predicted octanol–water partition coefficient (Wildman–Crippen LogP) is 3.11. The average molecular weight is 233 g/mol. The largest absolute Gasteiger partial charge is 0.309 e. The van der Waals surface area contributed by atoms with E-state index in [-0.39, 0.29) is 12.0 Å². The number of azide groups is 1. The Morgan fingerprint density at radius 3 is 2.93 bits per heavy atom. The van der Waals surface area contributed by atoms with E-state index < -0.39 is 11.6 Å². The number of hydrogen-bond acceptors (Lipinski definition) is 4. The van der Waals surface area contributed by atoms with Gasteiger partial charge >= 0.3 is 0 Å². The van der Waals surface area contributed by atoms with E-state index in [2.05, 4.69) is 10.0 Å². The molecule has 0 N–H and O–H groups in total.